The van der Waals surface area contributed by atoms with Crippen molar-refractivity contribution in [1.82, 2.24) is 10.2 Å². The lowest BCUT2D eigenvalue weighted by Gasteiger charge is -2.38. The first-order chi connectivity index (χ1) is 6.65. The Bertz CT molecular complexity index is 161. The Morgan fingerprint density at radius 3 is 2.71 bits per heavy atom. The van der Waals surface area contributed by atoms with Gasteiger partial charge >= 0.3 is 0 Å². The Labute approximate surface area is 87.8 Å². The highest BCUT2D eigenvalue weighted by Crippen LogP contribution is 2.10. The van der Waals surface area contributed by atoms with Crippen molar-refractivity contribution in [3.8, 4) is 0 Å². The third kappa shape index (κ3) is 3.23. The summed E-state index contributed by atoms with van der Waals surface area (Å²) in [4.78, 5) is 2.52. The van der Waals surface area contributed by atoms with Gasteiger partial charge in [-0.25, -0.2) is 0 Å². The van der Waals surface area contributed by atoms with Crippen molar-refractivity contribution in [2.24, 2.45) is 5.92 Å². The lowest BCUT2D eigenvalue weighted by molar-refractivity contribution is 0.0715. The molecule has 14 heavy (non-hydrogen) atoms. The second-order valence-corrected chi connectivity index (χ2v) is 4.60. The van der Waals surface area contributed by atoms with Gasteiger partial charge in [0.1, 0.15) is 0 Å². The molecule has 0 bridgehead atoms. The average molecular weight is 200 g/mol. The van der Waals surface area contributed by atoms with Gasteiger partial charge in [-0.2, -0.15) is 0 Å². The SMILES string of the molecule is COCC(C)N1CCNC(C(C)C)C1. The molecule has 1 saturated heterocycles. The molecule has 0 saturated carbocycles. The third-order valence-corrected chi connectivity index (χ3v) is 3.07. The zero-order valence-electron chi connectivity index (χ0n) is 9.92. The van der Waals surface area contributed by atoms with Gasteiger partial charge in [-0.1, -0.05) is 13.8 Å². The summed E-state index contributed by atoms with van der Waals surface area (Å²) in [5.41, 5.74) is 0. The summed E-state index contributed by atoms with van der Waals surface area (Å²) in [6, 6.07) is 1.19. The van der Waals surface area contributed by atoms with Gasteiger partial charge in [-0.3, -0.25) is 4.90 Å². The minimum atomic E-state index is 0.545. The zero-order chi connectivity index (χ0) is 10.6. The largest absolute Gasteiger partial charge is 0.383 e. The summed E-state index contributed by atoms with van der Waals surface area (Å²) in [5, 5.41) is 3.56. The molecule has 0 aromatic heterocycles. The Kier molecular flexibility index (Phi) is 4.85. The first-order valence-corrected chi connectivity index (χ1v) is 5.61. The highest BCUT2D eigenvalue weighted by Gasteiger charge is 2.24. The monoisotopic (exact) mass is 200 g/mol. The van der Waals surface area contributed by atoms with E-state index in [0.29, 0.717) is 18.0 Å². The molecule has 0 aliphatic carbocycles. The van der Waals surface area contributed by atoms with Crippen LogP contribution in [0.2, 0.25) is 0 Å². The predicted molar refractivity (Wildman–Crippen MR) is 59.5 cm³/mol. The Balaban J connectivity index is 2.39. The highest BCUT2D eigenvalue weighted by atomic mass is 16.5. The smallest absolute Gasteiger partial charge is 0.0615 e. The molecule has 0 amide bonds. The summed E-state index contributed by atoms with van der Waals surface area (Å²) >= 11 is 0. The number of nitrogens with one attached hydrogen (secondary N) is 1. The maximum atomic E-state index is 5.19. The van der Waals surface area contributed by atoms with Gasteiger partial charge in [0.05, 0.1) is 6.61 Å². The normalized spacial score (nSPS) is 26.8. The summed E-state index contributed by atoms with van der Waals surface area (Å²) < 4.78 is 5.19. The van der Waals surface area contributed by atoms with Crippen LogP contribution in [0.1, 0.15) is 20.8 Å². The number of hydrogen-bond donors (Lipinski definition) is 1. The number of rotatable bonds is 4. The zero-order valence-corrected chi connectivity index (χ0v) is 9.92. The molecule has 3 heteroatoms. The lowest BCUT2D eigenvalue weighted by Crippen LogP contribution is -2.55. The van der Waals surface area contributed by atoms with Crippen LogP contribution in [0.15, 0.2) is 0 Å². The Morgan fingerprint density at radius 2 is 2.14 bits per heavy atom. The van der Waals surface area contributed by atoms with Gasteiger partial charge in [0.15, 0.2) is 0 Å². The molecule has 84 valence electrons. The molecule has 1 fully saturated rings. The van der Waals surface area contributed by atoms with Crippen LogP contribution in [0, 0.1) is 5.92 Å². The van der Waals surface area contributed by atoms with Crippen molar-refractivity contribution < 1.29 is 4.74 Å². The van der Waals surface area contributed by atoms with E-state index in [-0.39, 0.29) is 0 Å². The topological polar surface area (TPSA) is 24.5 Å². The molecule has 2 unspecified atom stereocenters. The summed E-state index contributed by atoms with van der Waals surface area (Å²) in [5.74, 6) is 0.715. The van der Waals surface area contributed by atoms with E-state index >= 15 is 0 Å². The minimum absolute atomic E-state index is 0.545. The fourth-order valence-corrected chi connectivity index (χ4v) is 2.00. The second-order valence-electron chi connectivity index (χ2n) is 4.60. The van der Waals surface area contributed by atoms with Crippen LogP contribution in [0.25, 0.3) is 0 Å². The molecule has 2 atom stereocenters. The van der Waals surface area contributed by atoms with E-state index in [0.717, 1.165) is 26.2 Å². The second kappa shape index (κ2) is 5.69. The Hall–Kier alpha value is -0.120. The number of ether oxygens (including phenoxy) is 1. The van der Waals surface area contributed by atoms with E-state index < -0.39 is 0 Å². The number of nitrogens with zero attached hydrogens (tertiary/aromatic N) is 1. The van der Waals surface area contributed by atoms with Gasteiger partial charge in [0, 0.05) is 38.8 Å². The average Bonchev–Trinajstić information content (AvgIpc) is 2.18. The van der Waals surface area contributed by atoms with Crippen LogP contribution in [0.3, 0.4) is 0 Å². The van der Waals surface area contributed by atoms with Crippen molar-refractivity contribution in [1.29, 1.82) is 0 Å². The maximum Gasteiger partial charge on any atom is 0.0615 e. The fourth-order valence-electron chi connectivity index (χ4n) is 2.00. The third-order valence-electron chi connectivity index (χ3n) is 3.07. The molecular formula is C11H24N2O. The van der Waals surface area contributed by atoms with E-state index in [1.807, 2.05) is 0 Å². The molecule has 0 aromatic rings. The molecular weight excluding hydrogens is 176 g/mol. The number of piperazine rings is 1. The first kappa shape index (κ1) is 12.0. The summed E-state index contributed by atoms with van der Waals surface area (Å²) in [7, 11) is 1.78. The summed E-state index contributed by atoms with van der Waals surface area (Å²) in [6.45, 7) is 11.0. The first-order valence-electron chi connectivity index (χ1n) is 5.61. The van der Waals surface area contributed by atoms with E-state index in [1.54, 1.807) is 7.11 Å². The van der Waals surface area contributed by atoms with Crippen LogP contribution < -0.4 is 5.32 Å². The minimum Gasteiger partial charge on any atom is -0.383 e. The molecule has 1 aliphatic heterocycles. The molecule has 0 aromatic carbocycles. The van der Waals surface area contributed by atoms with Crippen molar-refractivity contribution in [3.05, 3.63) is 0 Å². The van der Waals surface area contributed by atoms with Crippen LogP contribution in [-0.2, 0) is 4.74 Å². The maximum absolute atomic E-state index is 5.19. The summed E-state index contributed by atoms with van der Waals surface area (Å²) in [6.07, 6.45) is 0. The highest BCUT2D eigenvalue weighted by molar-refractivity contribution is 4.83. The molecule has 1 rings (SSSR count). The number of methoxy groups -OCH3 is 1. The van der Waals surface area contributed by atoms with Crippen LogP contribution >= 0.6 is 0 Å². The molecule has 0 spiro atoms. The van der Waals surface area contributed by atoms with Crippen LogP contribution in [0.5, 0.6) is 0 Å². The predicted octanol–water partition coefficient (Wildman–Crippen LogP) is 0.951. The van der Waals surface area contributed by atoms with E-state index in [1.165, 1.54) is 0 Å². The van der Waals surface area contributed by atoms with Crippen molar-refractivity contribution >= 4 is 0 Å². The number of hydrogen-bond acceptors (Lipinski definition) is 3. The van der Waals surface area contributed by atoms with E-state index in [9.17, 15) is 0 Å². The standard InChI is InChI=1S/C11H24N2O/c1-9(2)11-7-13(6-5-12-11)10(3)8-14-4/h9-12H,5-8H2,1-4H3. The van der Waals surface area contributed by atoms with Crippen molar-refractivity contribution in [2.75, 3.05) is 33.4 Å². The molecule has 1 heterocycles. The van der Waals surface area contributed by atoms with Crippen LogP contribution in [0.4, 0.5) is 0 Å². The molecule has 1 N–H and O–H groups in total. The van der Waals surface area contributed by atoms with Gasteiger partial charge in [0.25, 0.3) is 0 Å². The van der Waals surface area contributed by atoms with Crippen molar-refractivity contribution in [3.63, 3.8) is 0 Å². The van der Waals surface area contributed by atoms with E-state index in [2.05, 4.69) is 31.0 Å². The Morgan fingerprint density at radius 1 is 1.43 bits per heavy atom. The molecule has 3 nitrogen and oxygen atoms in total. The fraction of sp³-hybridized carbons (Fsp3) is 1.00. The van der Waals surface area contributed by atoms with Crippen LogP contribution in [-0.4, -0.2) is 50.3 Å². The lowest BCUT2D eigenvalue weighted by atomic mass is 10.0. The molecule has 0 radical (unpaired) electrons. The van der Waals surface area contributed by atoms with Crippen molar-refractivity contribution in [2.45, 2.75) is 32.9 Å². The quantitative estimate of drug-likeness (QED) is 0.731. The molecule has 1 aliphatic rings. The van der Waals surface area contributed by atoms with Gasteiger partial charge in [-0.05, 0) is 12.8 Å². The van der Waals surface area contributed by atoms with Gasteiger partial charge < -0.3 is 10.1 Å². The van der Waals surface area contributed by atoms with Gasteiger partial charge in [0.2, 0.25) is 0 Å². The van der Waals surface area contributed by atoms with Gasteiger partial charge in [-0.15, -0.1) is 0 Å². The van der Waals surface area contributed by atoms with E-state index in [4.69, 9.17) is 4.74 Å².